The minimum absolute atomic E-state index is 0. The summed E-state index contributed by atoms with van der Waals surface area (Å²) < 4.78 is 0. The summed E-state index contributed by atoms with van der Waals surface area (Å²) in [6.07, 6.45) is 4.68. The van der Waals surface area contributed by atoms with E-state index in [0.29, 0.717) is 11.4 Å². The molecule has 0 aliphatic carbocycles. The number of hydrogen-bond acceptors (Lipinski definition) is 2. The first-order valence-corrected chi connectivity index (χ1v) is 6.35. The van der Waals surface area contributed by atoms with E-state index in [1.807, 2.05) is 0 Å². The van der Waals surface area contributed by atoms with Gasteiger partial charge in [-0.3, -0.25) is 4.79 Å². The Morgan fingerprint density at radius 2 is 1.72 bits per heavy atom. The van der Waals surface area contributed by atoms with Crippen molar-refractivity contribution in [3.63, 3.8) is 0 Å². The highest BCUT2D eigenvalue weighted by molar-refractivity contribution is 6.30. The number of rotatable bonds is 7. The standard InChI is InChI=1S/C13H19ClN2O.ClH/c14-11-6-8-12(9-7-11)16-13(17)5-3-1-2-4-10-15;/h6-9H,1-5,10,15H2,(H,16,17);1H. The Morgan fingerprint density at radius 3 is 2.33 bits per heavy atom. The van der Waals surface area contributed by atoms with Gasteiger partial charge in [0.25, 0.3) is 0 Å². The van der Waals surface area contributed by atoms with Crippen molar-refractivity contribution in [2.24, 2.45) is 5.73 Å². The Morgan fingerprint density at radius 1 is 1.11 bits per heavy atom. The third-order valence-corrected chi connectivity index (χ3v) is 2.74. The van der Waals surface area contributed by atoms with E-state index in [4.69, 9.17) is 17.3 Å². The highest BCUT2D eigenvalue weighted by Crippen LogP contribution is 2.14. The Kier molecular flexibility index (Phi) is 9.74. The van der Waals surface area contributed by atoms with Gasteiger partial charge < -0.3 is 11.1 Å². The maximum absolute atomic E-state index is 11.6. The molecule has 0 saturated carbocycles. The molecule has 0 spiro atoms. The summed E-state index contributed by atoms with van der Waals surface area (Å²) in [5.74, 6) is 0.0556. The predicted molar refractivity (Wildman–Crippen MR) is 79.5 cm³/mol. The average Bonchev–Trinajstić information content (AvgIpc) is 2.32. The molecule has 1 rings (SSSR count). The van der Waals surface area contributed by atoms with E-state index in [2.05, 4.69) is 5.32 Å². The lowest BCUT2D eigenvalue weighted by Gasteiger charge is -2.05. The normalized spacial score (nSPS) is 9.67. The van der Waals surface area contributed by atoms with Crippen LogP contribution in [0.5, 0.6) is 0 Å². The van der Waals surface area contributed by atoms with Crippen LogP contribution in [0.4, 0.5) is 5.69 Å². The molecule has 0 radical (unpaired) electrons. The molecule has 0 heterocycles. The molecule has 0 unspecified atom stereocenters. The van der Waals surface area contributed by atoms with Gasteiger partial charge in [-0.05, 0) is 43.7 Å². The van der Waals surface area contributed by atoms with Crippen molar-refractivity contribution < 1.29 is 4.79 Å². The van der Waals surface area contributed by atoms with Crippen molar-refractivity contribution in [3.8, 4) is 0 Å². The zero-order chi connectivity index (χ0) is 12.5. The summed E-state index contributed by atoms with van der Waals surface area (Å²) in [4.78, 5) is 11.6. The topological polar surface area (TPSA) is 55.1 Å². The Labute approximate surface area is 119 Å². The zero-order valence-corrected chi connectivity index (χ0v) is 11.9. The summed E-state index contributed by atoms with van der Waals surface area (Å²) in [7, 11) is 0. The molecular weight excluding hydrogens is 271 g/mol. The summed E-state index contributed by atoms with van der Waals surface area (Å²) in [6.45, 7) is 0.733. The van der Waals surface area contributed by atoms with E-state index in [0.717, 1.165) is 37.9 Å². The molecule has 1 amide bonds. The van der Waals surface area contributed by atoms with Crippen molar-refractivity contribution in [1.82, 2.24) is 0 Å². The molecule has 1 aromatic carbocycles. The van der Waals surface area contributed by atoms with Crippen molar-refractivity contribution in [2.75, 3.05) is 11.9 Å². The number of benzene rings is 1. The van der Waals surface area contributed by atoms with Gasteiger partial charge in [0.1, 0.15) is 0 Å². The van der Waals surface area contributed by atoms with E-state index in [-0.39, 0.29) is 18.3 Å². The van der Waals surface area contributed by atoms with Crippen LogP contribution in [0.15, 0.2) is 24.3 Å². The maximum Gasteiger partial charge on any atom is 0.224 e. The maximum atomic E-state index is 11.6. The van der Waals surface area contributed by atoms with Crippen LogP contribution >= 0.6 is 24.0 Å². The molecule has 0 bridgehead atoms. The lowest BCUT2D eigenvalue weighted by Crippen LogP contribution is -2.10. The Balaban J connectivity index is 0.00000289. The molecule has 0 saturated heterocycles. The fourth-order valence-electron chi connectivity index (χ4n) is 1.54. The predicted octanol–water partition coefficient (Wildman–Crippen LogP) is 3.61. The first kappa shape index (κ1) is 17.2. The molecule has 0 atom stereocenters. The summed E-state index contributed by atoms with van der Waals surface area (Å²) in [5.41, 5.74) is 6.19. The van der Waals surface area contributed by atoms with Gasteiger partial charge in [-0.1, -0.05) is 24.4 Å². The minimum atomic E-state index is 0. The molecule has 0 aliphatic heterocycles. The van der Waals surface area contributed by atoms with Crippen LogP contribution in [0.3, 0.4) is 0 Å². The Hall–Kier alpha value is -0.770. The first-order chi connectivity index (χ1) is 8.22. The number of unbranched alkanes of at least 4 members (excludes halogenated alkanes) is 3. The minimum Gasteiger partial charge on any atom is -0.330 e. The van der Waals surface area contributed by atoms with E-state index in [1.165, 1.54) is 0 Å². The molecule has 5 heteroatoms. The second kappa shape index (κ2) is 10.2. The van der Waals surface area contributed by atoms with Crippen molar-refractivity contribution in [3.05, 3.63) is 29.3 Å². The third kappa shape index (κ3) is 7.54. The highest BCUT2D eigenvalue weighted by Gasteiger charge is 2.01. The Bertz CT molecular complexity index is 341. The average molecular weight is 291 g/mol. The summed E-state index contributed by atoms with van der Waals surface area (Å²) in [5, 5.41) is 3.51. The molecule has 3 N–H and O–H groups in total. The number of carbonyl (C=O) groups is 1. The molecule has 1 aromatic rings. The quantitative estimate of drug-likeness (QED) is 0.754. The number of hydrogen-bond donors (Lipinski definition) is 2. The monoisotopic (exact) mass is 290 g/mol. The number of nitrogens with two attached hydrogens (primary N) is 1. The van der Waals surface area contributed by atoms with Gasteiger partial charge >= 0.3 is 0 Å². The SMILES string of the molecule is Cl.NCCCCCCC(=O)Nc1ccc(Cl)cc1. The first-order valence-electron chi connectivity index (χ1n) is 5.98. The van der Waals surface area contributed by atoms with E-state index < -0.39 is 0 Å². The summed E-state index contributed by atoms with van der Waals surface area (Å²) in [6, 6.07) is 7.13. The molecular formula is C13H20Cl2N2O. The van der Waals surface area contributed by atoms with Crippen LogP contribution in [0.2, 0.25) is 5.02 Å². The molecule has 3 nitrogen and oxygen atoms in total. The van der Waals surface area contributed by atoms with Gasteiger partial charge in [0, 0.05) is 17.1 Å². The summed E-state index contributed by atoms with van der Waals surface area (Å²) >= 11 is 5.76. The number of anilines is 1. The van der Waals surface area contributed by atoms with E-state index >= 15 is 0 Å². The van der Waals surface area contributed by atoms with Crippen molar-refractivity contribution >= 4 is 35.6 Å². The number of nitrogens with one attached hydrogen (secondary N) is 1. The zero-order valence-electron chi connectivity index (χ0n) is 10.3. The third-order valence-electron chi connectivity index (χ3n) is 2.49. The molecule has 18 heavy (non-hydrogen) atoms. The van der Waals surface area contributed by atoms with Gasteiger partial charge in [-0.25, -0.2) is 0 Å². The highest BCUT2D eigenvalue weighted by atomic mass is 35.5. The van der Waals surface area contributed by atoms with Crippen LogP contribution in [-0.4, -0.2) is 12.5 Å². The lowest BCUT2D eigenvalue weighted by atomic mass is 10.1. The van der Waals surface area contributed by atoms with Gasteiger partial charge in [0.05, 0.1) is 0 Å². The van der Waals surface area contributed by atoms with Gasteiger partial charge in [-0.2, -0.15) is 0 Å². The number of amides is 1. The largest absolute Gasteiger partial charge is 0.330 e. The fourth-order valence-corrected chi connectivity index (χ4v) is 1.67. The molecule has 102 valence electrons. The molecule has 0 fully saturated rings. The second-order valence-corrected chi connectivity index (χ2v) is 4.44. The van der Waals surface area contributed by atoms with Crippen LogP contribution in [0, 0.1) is 0 Å². The molecule has 0 aromatic heterocycles. The molecule has 0 aliphatic rings. The smallest absolute Gasteiger partial charge is 0.224 e. The fraction of sp³-hybridized carbons (Fsp3) is 0.462. The lowest BCUT2D eigenvalue weighted by molar-refractivity contribution is -0.116. The van der Waals surface area contributed by atoms with Crippen molar-refractivity contribution in [1.29, 1.82) is 0 Å². The second-order valence-electron chi connectivity index (χ2n) is 4.01. The van der Waals surface area contributed by atoms with Crippen LogP contribution in [0.25, 0.3) is 0 Å². The van der Waals surface area contributed by atoms with Gasteiger partial charge in [0.2, 0.25) is 5.91 Å². The number of halogens is 2. The van der Waals surface area contributed by atoms with Crippen molar-refractivity contribution in [2.45, 2.75) is 32.1 Å². The van der Waals surface area contributed by atoms with Gasteiger partial charge in [0.15, 0.2) is 0 Å². The number of carbonyl (C=O) groups excluding carboxylic acids is 1. The van der Waals surface area contributed by atoms with Crippen LogP contribution in [-0.2, 0) is 4.79 Å². The van der Waals surface area contributed by atoms with E-state index in [1.54, 1.807) is 24.3 Å². The van der Waals surface area contributed by atoms with Crippen LogP contribution in [0.1, 0.15) is 32.1 Å². The van der Waals surface area contributed by atoms with E-state index in [9.17, 15) is 4.79 Å². The van der Waals surface area contributed by atoms with Gasteiger partial charge in [-0.15, -0.1) is 12.4 Å². The van der Waals surface area contributed by atoms with Crippen LogP contribution < -0.4 is 11.1 Å².